The zero-order valence-corrected chi connectivity index (χ0v) is 17.9. The first-order chi connectivity index (χ1) is 16.2. The number of carbonyl (C=O) groups excluding carboxylic acids is 1. The smallest absolute Gasteiger partial charge is 0.258 e. The number of fused-ring (bicyclic) bond motifs is 1. The van der Waals surface area contributed by atoms with Crippen molar-refractivity contribution >= 4 is 5.91 Å². The highest BCUT2D eigenvalue weighted by Gasteiger charge is 2.19. The number of carbonyl (C=O) groups is 1. The molecule has 0 radical (unpaired) electrons. The van der Waals surface area contributed by atoms with Crippen molar-refractivity contribution in [3.8, 4) is 17.4 Å². The van der Waals surface area contributed by atoms with Crippen molar-refractivity contribution in [1.29, 1.82) is 0 Å². The second-order valence-electron chi connectivity index (χ2n) is 7.68. The summed E-state index contributed by atoms with van der Waals surface area (Å²) in [6.07, 6.45) is 1.72. The highest BCUT2D eigenvalue weighted by atomic mass is 16.7. The van der Waals surface area contributed by atoms with E-state index in [2.05, 4.69) is 10.4 Å². The lowest BCUT2D eigenvalue weighted by Crippen LogP contribution is -2.23. The van der Waals surface area contributed by atoms with E-state index >= 15 is 0 Å². The van der Waals surface area contributed by atoms with Crippen molar-refractivity contribution in [2.24, 2.45) is 0 Å². The Kier molecular flexibility index (Phi) is 5.93. The van der Waals surface area contributed by atoms with Crippen LogP contribution in [0, 0.1) is 0 Å². The fourth-order valence-electron chi connectivity index (χ4n) is 3.57. The molecule has 0 unspecified atom stereocenters. The second-order valence-corrected chi connectivity index (χ2v) is 7.68. The molecule has 0 atom stereocenters. The third-order valence-corrected chi connectivity index (χ3v) is 5.27. The van der Waals surface area contributed by atoms with Gasteiger partial charge in [0, 0.05) is 12.7 Å². The molecule has 4 aromatic rings. The van der Waals surface area contributed by atoms with Crippen LogP contribution in [0.2, 0.25) is 0 Å². The quantitative estimate of drug-likeness (QED) is 0.444. The van der Waals surface area contributed by atoms with Crippen LogP contribution in [-0.4, -0.2) is 22.5 Å². The Labute approximate surface area is 191 Å². The van der Waals surface area contributed by atoms with E-state index in [0.717, 1.165) is 16.7 Å². The van der Waals surface area contributed by atoms with Crippen LogP contribution < -0.4 is 19.5 Å². The van der Waals surface area contributed by atoms with E-state index < -0.39 is 0 Å². The van der Waals surface area contributed by atoms with Crippen LogP contribution in [0.5, 0.6) is 17.4 Å². The maximum atomic E-state index is 13.0. The van der Waals surface area contributed by atoms with Gasteiger partial charge in [-0.3, -0.25) is 9.48 Å². The Hall–Kier alpha value is -4.26. The van der Waals surface area contributed by atoms with E-state index in [4.69, 9.17) is 14.2 Å². The largest absolute Gasteiger partial charge is 0.471 e. The van der Waals surface area contributed by atoms with Gasteiger partial charge in [-0.2, -0.15) is 0 Å². The number of nitrogens with one attached hydrogen (secondary N) is 1. The van der Waals surface area contributed by atoms with Gasteiger partial charge < -0.3 is 19.5 Å². The summed E-state index contributed by atoms with van der Waals surface area (Å²) in [4.78, 5) is 13.0. The van der Waals surface area contributed by atoms with Crippen LogP contribution in [0.3, 0.4) is 0 Å². The first-order valence-corrected chi connectivity index (χ1v) is 10.7. The molecule has 166 valence electrons. The molecular weight excluding hydrogens is 418 g/mol. The lowest BCUT2D eigenvalue weighted by atomic mass is 10.2. The van der Waals surface area contributed by atoms with Crippen LogP contribution in [0.25, 0.3) is 0 Å². The van der Waals surface area contributed by atoms with E-state index in [9.17, 15) is 4.79 Å². The van der Waals surface area contributed by atoms with Crippen molar-refractivity contribution < 1.29 is 19.0 Å². The predicted molar refractivity (Wildman–Crippen MR) is 122 cm³/mol. The molecule has 2 heterocycles. The Morgan fingerprint density at radius 2 is 1.64 bits per heavy atom. The van der Waals surface area contributed by atoms with E-state index in [-0.39, 0.29) is 12.7 Å². The first-order valence-electron chi connectivity index (χ1n) is 10.7. The van der Waals surface area contributed by atoms with Gasteiger partial charge in [0.2, 0.25) is 12.7 Å². The third-order valence-electron chi connectivity index (χ3n) is 5.27. The van der Waals surface area contributed by atoms with Crippen LogP contribution in [0.4, 0.5) is 0 Å². The van der Waals surface area contributed by atoms with E-state index in [1.165, 1.54) is 0 Å². The van der Waals surface area contributed by atoms with E-state index in [1.807, 2.05) is 78.9 Å². The highest BCUT2D eigenvalue weighted by Crippen LogP contribution is 2.32. The molecular formula is C26H23N3O4. The molecule has 0 aliphatic carbocycles. The molecule has 1 amide bonds. The molecule has 0 fully saturated rings. The minimum atomic E-state index is -0.255. The van der Waals surface area contributed by atoms with Crippen molar-refractivity contribution in [3.05, 3.63) is 107 Å². The average Bonchev–Trinajstić information content (AvgIpc) is 3.49. The number of ether oxygens (including phenoxy) is 3. The van der Waals surface area contributed by atoms with Gasteiger partial charge in [0.25, 0.3) is 5.91 Å². The van der Waals surface area contributed by atoms with Crippen molar-refractivity contribution in [2.75, 3.05) is 6.79 Å². The van der Waals surface area contributed by atoms with Crippen LogP contribution in [0.15, 0.2) is 85.1 Å². The molecule has 0 spiro atoms. The van der Waals surface area contributed by atoms with Crippen molar-refractivity contribution in [1.82, 2.24) is 15.1 Å². The zero-order valence-electron chi connectivity index (χ0n) is 17.9. The normalized spacial score (nSPS) is 11.9. The Morgan fingerprint density at radius 1 is 0.909 bits per heavy atom. The maximum absolute atomic E-state index is 13.0. The van der Waals surface area contributed by atoms with Crippen molar-refractivity contribution in [3.63, 3.8) is 0 Å². The second kappa shape index (κ2) is 9.48. The van der Waals surface area contributed by atoms with Gasteiger partial charge in [0.15, 0.2) is 11.5 Å². The summed E-state index contributed by atoms with van der Waals surface area (Å²) < 4.78 is 18.4. The molecule has 7 nitrogen and oxygen atoms in total. The Bertz CT molecular complexity index is 1240. The van der Waals surface area contributed by atoms with Gasteiger partial charge in [-0.15, -0.1) is 5.10 Å². The molecule has 7 heteroatoms. The minimum absolute atomic E-state index is 0.216. The highest BCUT2D eigenvalue weighted by molar-refractivity contribution is 5.96. The number of hydrogen-bond acceptors (Lipinski definition) is 5. The lowest BCUT2D eigenvalue weighted by molar-refractivity contribution is 0.0946. The molecule has 0 bridgehead atoms. The number of amides is 1. The summed E-state index contributed by atoms with van der Waals surface area (Å²) in [5.74, 6) is 1.45. The Morgan fingerprint density at radius 3 is 2.42 bits per heavy atom. The predicted octanol–water partition coefficient (Wildman–Crippen LogP) is 4.17. The Balaban J connectivity index is 1.32. The molecule has 1 aromatic heterocycles. The number of hydrogen-bond donors (Lipinski definition) is 1. The molecule has 3 aromatic carbocycles. The number of aromatic nitrogens is 2. The summed E-state index contributed by atoms with van der Waals surface area (Å²) in [5.41, 5.74) is 3.39. The van der Waals surface area contributed by atoms with Crippen LogP contribution in [-0.2, 0) is 19.7 Å². The molecule has 1 aliphatic rings. The first kappa shape index (κ1) is 20.6. The van der Waals surface area contributed by atoms with E-state index in [0.29, 0.717) is 42.6 Å². The number of nitrogens with zero attached hydrogens (tertiary/aromatic N) is 2. The van der Waals surface area contributed by atoms with Gasteiger partial charge >= 0.3 is 0 Å². The summed E-state index contributed by atoms with van der Waals surface area (Å²) in [7, 11) is 0. The fraction of sp³-hybridized carbons (Fsp3) is 0.154. The summed E-state index contributed by atoms with van der Waals surface area (Å²) in [6, 6.07) is 25.4. The third kappa shape index (κ3) is 4.98. The monoisotopic (exact) mass is 441 g/mol. The number of rotatable bonds is 8. The molecule has 1 aliphatic heterocycles. The molecule has 5 rings (SSSR count). The van der Waals surface area contributed by atoms with E-state index in [1.54, 1.807) is 10.9 Å². The SMILES string of the molecule is O=C(NCc1ccc2c(c1)OCO2)c1cn(Cc2ccccc2)nc1OCc1ccccc1. The topological polar surface area (TPSA) is 74.6 Å². The maximum Gasteiger partial charge on any atom is 0.258 e. The summed E-state index contributed by atoms with van der Waals surface area (Å²) in [6.45, 7) is 1.43. The number of benzene rings is 3. The van der Waals surface area contributed by atoms with Crippen molar-refractivity contribution in [2.45, 2.75) is 19.7 Å². The lowest BCUT2D eigenvalue weighted by Gasteiger charge is -2.08. The standard InChI is InChI=1S/C26H23N3O4/c30-25(27-14-21-11-12-23-24(13-21)33-18-32-23)22-16-29(15-19-7-3-1-4-8-19)28-26(22)31-17-20-9-5-2-6-10-20/h1-13,16H,14-15,17-18H2,(H,27,30). The van der Waals surface area contributed by atoms with Crippen LogP contribution in [0.1, 0.15) is 27.0 Å². The zero-order chi connectivity index (χ0) is 22.5. The molecule has 0 saturated carbocycles. The van der Waals surface area contributed by atoms with Gasteiger partial charge in [-0.25, -0.2) is 0 Å². The molecule has 0 saturated heterocycles. The van der Waals surface area contributed by atoms with Gasteiger partial charge in [-0.05, 0) is 28.8 Å². The summed E-state index contributed by atoms with van der Waals surface area (Å²) >= 11 is 0. The summed E-state index contributed by atoms with van der Waals surface area (Å²) in [5, 5.41) is 7.49. The van der Waals surface area contributed by atoms with Gasteiger partial charge in [0.05, 0.1) is 6.54 Å². The molecule has 33 heavy (non-hydrogen) atoms. The average molecular weight is 441 g/mol. The molecule has 1 N–H and O–H groups in total. The van der Waals surface area contributed by atoms with Gasteiger partial charge in [-0.1, -0.05) is 66.7 Å². The minimum Gasteiger partial charge on any atom is -0.471 e. The fourth-order valence-corrected chi connectivity index (χ4v) is 3.57. The van der Waals surface area contributed by atoms with Crippen LogP contribution >= 0.6 is 0 Å². The van der Waals surface area contributed by atoms with Gasteiger partial charge in [0.1, 0.15) is 12.2 Å².